The van der Waals surface area contributed by atoms with Crippen LogP contribution in [0.4, 0.5) is 0 Å². The Bertz CT molecular complexity index is 203. The predicted octanol–water partition coefficient (Wildman–Crippen LogP) is 0.0858. The summed E-state index contributed by atoms with van der Waals surface area (Å²) < 4.78 is 0. The van der Waals surface area contributed by atoms with Crippen LogP contribution in [0.5, 0.6) is 0 Å². The van der Waals surface area contributed by atoms with Gasteiger partial charge in [0, 0.05) is 18.5 Å². The number of nitrogens with one attached hydrogen (secondary N) is 1. The first kappa shape index (κ1) is 9.44. The van der Waals surface area contributed by atoms with Gasteiger partial charge >= 0.3 is 0 Å². The molecule has 76 valence electrons. The fourth-order valence-corrected chi connectivity index (χ4v) is 2.66. The number of piperidine rings is 1. The van der Waals surface area contributed by atoms with Crippen LogP contribution in [0.3, 0.4) is 0 Å². The lowest BCUT2D eigenvalue weighted by atomic mass is 9.75. The van der Waals surface area contributed by atoms with Crippen molar-refractivity contribution in [2.45, 2.75) is 31.8 Å². The second-order valence-electron chi connectivity index (χ2n) is 4.96. The molecular formula is C10H20N2O. The SMILES string of the molecule is CC1CNCC(O)(C2(CN)CC2)C1. The minimum Gasteiger partial charge on any atom is -0.388 e. The van der Waals surface area contributed by atoms with E-state index in [1.54, 1.807) is 0 Å². The number of hydrogen-bond acceptors (Lipinski definition) is 3. The monoisotopic (exact) mass is 184 g/mol. The van der Waals surface area contributed by atoms with Crippen LogP contribution in [0.1, 0.15) is 26.2 Å². The maximum absolute atomic E-state index is 10.5. The number of hydrogen-bond donors (Lipinski definition) is 3. The molecule has 2 rings (SSSR count). The van der Waals surface area contributed by atoms with E-state index >= 15 is 0 Å². The maximum Gasteiger partial charge on any atom is 0.0842 e. The second-order valence-corrected chi connectivity index (χ2v) is 4.96. The molecule has 0 aromatic heterocycles. The molecular weight excluding hydrogens is 164 g/mol. The van der Waals surface area contributed by atoms with Crippen molar-refractivity contribution in [2.75, 3.05) is 19.6 Å². The van der Waals surface area contributed by atoms with Crippen LogP contribution >= 0.6 is 0 Å². The Balaban J connectivity index is 2.10. The summed E-state index contributed by atoms with van der Waals surface area (Å²) in [6.45, 7) is 4.58. The second kappa shape index (κ2) is 2.94. The third-order valence-corrected chi connectivity index (χ3v) is 3.83. The topological polar surface area (TPSA) is 58.3 Å². The minimum atomic E-state index is -0.528. The van der Waals surface area contributed by atoms with Crippen molar-refractivity contribution in [1.29, 1.82) is 0 Å². The minimum absolute atomic E-state index is 0.0503. The molecule has 1 saturated carbocycles. The standard InChI is InChI=1S/C10H20N2O/c1-8-4-10(13,7-12-5-8)9(6-11)2-3-9/h8,12-13H,2-7,11H2,1H3. The predicted molar refractivity (Wildman–Crippen MR) is 52.3 cm³/mol. The van der Waals surface area contributed by atoms with E-state index < -0.39 is 5.60 Å². The first-order valence-electron chi connectivity index (χ1n) is 5.25. The van der Waals surface area contributed by atoms with Gasteiger partial charge in [-0.05, 0) is 31.7 Å². The van der Waals surface area contributed by atoms with Crippen LogP contribution in [0.25, 0.3) is 0 Å². The van der Waals surface area contributed by atoms with Gasteiger partial charge in [-0.3, -0.25) is 0 Å². The van der Waals surface area contributed by atoms with E-state index in [-0.39, 0.29) is 5.41 Å². The van der Waals surface area contributed by atoms with Gasteiger partial charge in [0.15, 0.2) is 0 Å². The van der Waals surface area contributed by atoms with E-state index in [2.05, 4.69) is 12.2 Å². The quantitative estimate of drug-likeness (QED) is 0.570. The van der Waals surface area contributed by atoms with Crippen molar-refractivity contribution in [3.05, 3.63) is 0 Å². The van der Waals surface area contributed by atoms with Crippen LogP contribution < -0.4 is 11.1 Å². The summed E-state index contributed by atoms with van der Waals surface area (Å²) >= 11 is 0. The van der Waals surface area contributed by atoms with Gasteiger partial charge in [-0.15, -0.1) is 0 Å². The third-order valence-electron chi connectivity index (χ3n) is 3.83. The van der Waals surface area contributed by atoms with Crippen LogP contribution in [-0.4, -0.2) is 30.3 Å². The number of β-amino-alcohol motifs (C(OH)–C–C–N with tert-alkyl or cyclic N) is 1. The molecule has 0 amide bonds. The molecule has 0 aromatic rings. The van der Waals surface area contributed by atoms with Crippen molar-refractivity contribution in [3.63, 3.8) is 0 Å². The number of aliphatic hydroxyl groups is 1. The zero-order valence-electron chi connectivity index (χ0n) is 8.34. The lowest BCUT2D eigenvalue weighted by Gasteiger charge is -2.42. The number of rotatable bonds is 2. The maximum atomic E-state index is 10.5. The van der Waals surface area contributed by atoms with Gasteiger partial charge in [-0.2, -0.15) is 0 Å². The van der Waals surface area contributed by atoms with Crippen LogP contribution in [0.15, 0.2) is 0 Å². The Kier molecular flexibility index (Phi) is 2.13. The van der Waals surface area contributed by atoms with Crippen molar-refractivity contribution >= 4 is 0 Å². The highest BCUT2D eigenvalue weighted by Crippen LogP contribution is 2.55. The van der Waals surface area contributed by atoms with Crippen LogP contribution in [0, 0.1) is 11.3 Å². The Hall–Kier alpha value is -0.120. The average molecular weight is 184 g/mol. The average Bonchev–Trinajstić information content (AvgIpc) is 2.83. The summed E-state index contributed by atoms with van der Waals surface area (Å²) in [6.07, 6.45) is 3.12. The molecule has 2 unspecified atom stereocenters. The lowest BCUT2D eigenvalue weighted by Crippen LogP contribution is -2.56. The summed E-state index contributed by atoms with van der Waals surface area (Å²) in [4.78, 5) is 0. The fraction of sp³-hybridized carbons (Fsp3) is 1.00. The van der Waals surface area contributed by atoms with Gasteiger partial charge in [0.25, 0.3) is 0 Å². The Morgan fingerprint density at radius 3 is 2.69 bits per heavy atom. The molecule has 2 atom stereocenters. The highest BCUT2D eigenvalue weighted by Gasteiger charge is 2.58. The van der Waals surface area contributed by atoms with Crippen molar-refractivity contribution < 1.29 is 5.11 Å². The molecule has 4 N–H and O–H groups in total. The zero-order chi connectivity index (χ0) is 9.53. The van der Waals surface area contributed by atoms with E-state index in [0.29, 0.717) is 12.5 Å². The smallest absolute Gasteiger partial charge is 0.0842 e. The van der Waals surface area contributed by atoms with Crippen LogP contribution in [-0.2, 0) is 0 Å². The summed E-state index contributed by atoms with van der Waals surface area (Å²) in [6, 6.07) is 0. The molecule has 0 aromatic carbocycles. The Morgan fingerprint density at radius 2 is 2.23 bits per heavy atom. The molecule has 2 fully saturated rings. The van der Waals surface area contributed by atoms with Gasteiger partial charge in [-0.25, -0.2) is 0 Å². The molecule has 1 aliphatic carbocycles. The van der Waals surface area contributed by atoms with Crippen LogP contribution in [0.2, 0.25) is 0 Å². The molecule has 3 nitrogen and oxygen atoms in total. The number of nitrogens with two attached hydrogens (primary N) is 1. The van der Waals surface area contributed by atoms with E-state index in [4.69, 9.17) is 5.73 Å². The third kappa shape index (κ3) is 1.39. The first-order valence-corrected chi connectivity index (χ1v) is 5.25. The Morgan fingerprint density at radius 1 is 1.54 bits per heavy atom. The lowest BCUT2D eigenvalue weighted by molar-refractivity contribution is -0.0604. The summed E-state index contributed by atoms with van der Waals surface area (Å²) in [5.74, 6) is 0.572. The molecule has 1 aliphatic heterocycles. The Labute approximate surface area is 79.7 Å². The highest BCUT2D eigenvalue weighted by molar-refractivity contribution is 5.11. The fourth-order valence-electron chi connectivity index (χ4n) is 2.66. The van der Waals surface area contributed by atoms with Gasteiger partial charge < -0.3 is 16.2 Å². The molecule has 0 radical (unpaired) electrons. The largest absolute Gasteiger partial charge is 0.388 e. The molecule has 0 bridgehead atoms. The molecule has 0 spiro atoms. The van der Waals surface area contributed by atoms with E-state index in [1.165, 1.54) is 0 Å². The van der Waals surface area contributed by atoms with Crippen molar-refractivity contribution in [1.82, 2.24) is 5.32 Å². The van der Waals surface area contributed by atoms with Gasteiger partial charge in [0.05, 0.1) is 5.60 Å². The molecule has 1 saturated heterocycles. The summed E-state index contributed by atoms with van der Waals surface area (Å²) in [7, 11) is 0. The van der Waals surface area contributed by atoms with Crippen molar-refractivity contribution in [2.24, 2.45) is 17.1 Å². The van der Waals surface area contributed by atoms with Crippen molar-refractivity contribution in [3.8, 4) is 0 Å². The molecule has 13 heavy (non-hydrogen) atoms. The van der Waals surface area contributed by atoms with E-state index in [1.807, 2.05) is 0 Å². The van der Waals surface area contributed by atoms with Gasteiger partial charge in [0.2, 0.25) is 0 Å². The van der Waals surface area contributed by atoms with Gasteiger partial charge in [0.1, 0.15) is 0 Å². The summed E-state index contributed by atoms with van der Waals surface area (Å²) in [5.41, 5.74) is 5.26. The molecule has 1 heterocycles. The normalized spacial score (nSPS) is 43.2. The summed E-state index contributed by atoms with van der Waals surface area (Å²) in [5, 5.41) is 13.8. The molecule has 2 aliphatic rings. The highest BCUT2D eigenvalue weighted by atomic mass is 16.3. The van der Waals surface area contributed by atoms with E-state index in [9.17, 15) is 5.11 Å². The first-order chi connectivity index (χ1) is 6.12. The van der Waals surface area contributed by atoms with E-state index in [0.717, 1.165) is 32.4 Å². The molecule has 3 heteroatoms. The zero-order valence-corrected chi connectivity index (χ0v) is 8.34. The van der Waals surface area contributed by atoms with Gasteiger partial charge in [-0.1, -0.05) is 6.92 Å².